The van der Waals surface area contributed by atoms with Crippen LogP contribution in [-0.2, 0) is 4.79 Å². The summed E-state index contributed by atoms with van der Waals surface area (Å²) in [5.41, 5.74) is 0. The van der Waals surface area contributed by atoms with Gasteiger partial charge in [0.1, 0.15) is 11.5 Å². The third kappa shape index (κ3) is 4.47. The number of methoxy groups -OCH3 is 1. The Bertz CT molecular complexity index is 343. The number of carbonyl (C=O) groups is 1. The van der Waals surface area contributed by atoms with E-state index in [1.54, 1.807) is 31.4 Å². The summed E-state index contributed by atoms with van der Waals surface area (Å²) >= 11 is 0. The molecule has 0 N–H and O–H groups in total. The van der Waals surface area contributed by atoms with Crippen molar-refractivity contribution in [2.45, 2.75) is 33.1 Å². The van der Waals surface area contributed by atoms with E-state index in [1.165, 1.54) is 0 Å². The van der Waals surface area contributed by atoms with Crippen LogP contribution >= 0.6 is 0 Å². The summed E-state index contributed by atoms with van der Waals surface area (Å²) < 4.78 is 10.3. The van der Waals surface area contributed by atoms with E-state index in [2.05, 4.69) is 6.92 Å². The van der Waals surface area contributed by atoms with Crippen molar-refractivity contribution in [2.24, 2.45) is 5.92 Å². The van der Waals surface area contributed by atoms with Crippen molar-refractivity contribution in [3.63, 3.8) is 0 Å². The highest BCUT2D eigenvalue weighted by molar-refractivity contribution is 5.74. The van der Waals surface area contributed by atoms with Gasteiger partial charge in [-0.2, -0.15) is 0 Å². The van der Waals surface area contributed by atoms with E-state index in [9.17, 15) is 4.79 Å². The Hall–Kier alpha value is -1.51. The first kappa shape index (κ1) is 13.6. The van der Waals surface area contributed by atoms with Crippen LogP contribution in [0.1, 0.15) is 33.1 Å². The third-order valence-electron chi connectivity index (χ3n) is 2.67. The molecular formula is C14H20O3. The second-order valence-electron chi connectivity index (χ2n) is 4.14. The Balaban J connectivity index is 2.49. The van der Waals surface area contributed by atoms with Crippen molar-refractivity contribution in [1.29, 1.82) is 0 Å². The maximum Gasteiger partial charge on any atom is 0.314 e. The number of rotatable bonds is 6. The zero-order valence-electron chi connectivity index (χ0n) is 10.7. The lowest BCUT2D eigenvalue weighted by atomic mass is 10.1. The van der Waals surface area contributed by atoms with Crippen molar-refractivity contribution in [2.75, 3.05) is 7.11 Å². The minimum absolute atomic E-state index is 0.0444. The number of unbranched alkanes of at least 4 members (excludes halogenated alkanes) is 1. The molecule has 94 valence electrons. The van der Waals surface area contributed by atoms with Gasteiger partial charge in [0, 0.05) is 0 Å². The highest BCUT2D eigenvalue weighted by Gasteiger charge is 2.14. The van der Waals surface area contributed by atoms with E-state index in [-0.39, 0.29) is 11.9 Å². The van der Waals surface area contributed by atoms with Crippen molar-refractivity contribution >= 4 is 5.97 Å². The minimum Gasteiger partial charge on any atom is -0.497 e. The van der Waals surface area contributed by atoms with E-state index in [4.69, 9.17) is 9.47 Å². The largest absolute Gasteiger partial charge is 0.497 e. The maximum absolute atomic E-state index is 11.7. The van der Waals surface area contributed by atoms with Crippen LogP contribution in [-0.4, -0.2) is 13.1 Å². The van der Waals surface area contributed by atoms with Crippen LogP contribution in [0.2, 0.25) is 0 Å². The molecule has 0 bridgehead atoms. The summed E-state index contributed by atoms with van der Waals surface area (Å²) in [6, 6.07) is 7.03. The maximum atomic E-state index is 11.7. The molecule has 1 aromatic carbocycles. The highest BCUT2D eigenvalue weighted by atomic mass is 16.5. The van der Waals surface area contributed by atoms with Crippen molar-refractivity contribution < 1.29 is 14.3 Å². The molecule has 0 radical (unpaired) electrons. The van der Waals surface area contributed by atoms with Crippen molar-refractivity contribution in [1.82, 2.24) is 0 Å². The smallest absolute Gasteiger partial charge is 0.314 e. The SMILES string of the molecule is CCCCC(C)C(=O)Oc1ccc(OC)cc1. The lowest BCUT2D eigenvalue weighted by Crippen LogP contribution is -2.17. The predicted molar refractivity (Wildman–Crippen MR) is 67.3 cm³/mol. The molecule has 0 saturated carbocycles. The van der Waals surface area contributed by atoms with Gasteiger partial charge in [-0.05, 0) is 30.7 Å². The van der Waals surface area contributed by atoms with Crippen LogP contribution < -0.4 is 9.47 Å². The fraction of sp³-hybridized carbons (Fsp3) is 0.500. The first-order chi connectivity index (χ1) is 8.17. The molecule has 0 aliphatic heterocycles. The first-order valence-electron chi connectivity index (χ1n) is 6.03. The second-order valence-corrected chi connectivity index (χ2v) is 4.14. The van der Waals surface area contributed by atoms with Gasteiger partial charge in [0.05, 0.1) is 13.0 Å². The molecule has 0 spiro atoms. The first-order valence-corrected chi connectivity index (χ1v) is 6.03. The summed E-state index contributed by atoms with van der Waals surface area (Å²) in [5, 5.41) is 0. The van der Waals surface area contributed by atoms with Crippen LogP contribution in [0.3, 0.4) is 0 Å². The average Bonchev–Trinajstić information content (AvgIpc) is 2.36. The van der Waals surface area contributed by atoms with Crippen LogP contribution in [0, 0.1) is 5.92 Å². The lowest BCUT2D eigenvalue weighted by Gasteiger charge is -2.10. The summed E-state index contributed by atoms with van der Waals surface area (Å²) in [6.07, 6.45) is 3.03. The molecule has 0 aromatic heterocycles. The van der Waals surface area contributed by atoms with Gasteiger partial charge >= 0.3 is 5.97 Å². The quantitative estimate of drug-likeness (QED) is 0.560. The Morgan fingerprint density at radius 3 is 2.35 bits per heavy atom. The van der Waals surface area contributed by atoms with Gasteiger partial charge in [0.15, 0.2) is 0 Å². The van der Waals surface area contributed by atoms with Gasteiger partial charge in [-0.15, -0.1) is 0 Å². The summed E-state index contributed by atoms with van der Waals surface area (Å²) in [6.45, 7) is 4.02. The summed E-state index contributed by atoms with van der Waals surface area (Å²) in [5.74, 6) is 1.11. The molecule has 0 aliphatic carbocycles. The van der Waals surface area contributed by atoms with E-state index < -0.39 is 0 Å². The Kier molecular flexibility index (Phi) is 5.53. The highest BCUT2D eigenvalue weighted by Crippen LogP contribution is 2.19. The summed E-state index contributed by atoms with van der Waals surface area (Å²) in [4.78, 5) is 11.7. The number of benzene rings is 1. The van der Waals surface area contributed by atoms with Gasteiger partial charge < -0.3 is 9.47 Å². The fourth-order valence-corrected chi connectivity index (χ4v) is 1.49. The van der Waals surface area contributed by atoms with Gasteiger partial charge in [0.25, 0.3) is 0 Å². The van der Waals surface area contributed by atoms with Gasteiger partial charge in [0.2, 0.25) is 0 Å². The molecule has 0 heterocycles. The number of carbonyl (C=O) groups excluding carboxylic acids is 1. The average molecular weight is 236 g/mol. The zero-order valence-corrected chi connectivity index (χ0v) is 10.7. The van der Waals surface area contributed by atoms with Gasteiger partial charge in [-0.1, -0.05) is 26.7 Å². The van der Waals surface area contributed by atoms with E-state index in [1.807, 2.05) is 6.92 Å². The van der Waals surface area contributed by atoms with Crippen molar-refractivity contribution in [3.8, 4) is 11.5 Å². The molecule has 17 heavy (non-hydrogen) atoms. The molecule has 1 rings (SSSR count). The van der Waals surface area contributed by atoms with Crippen molar-refractivity contribution in [3.05, 3.63) is 24.3 Å². The minimum atomic E-state index is -0.163. The van der Waals surface area contributed by atoms with Gasteiger partial charge in [-0.25, -0.2) is 0 Å². The normalized spacial score (nSPS) is 11.9. The molecule has 0 saturated heterocycles. The molecule has 0 fully saturated rings. The molecule has 1 unspecified atom stereocenters. The molecular weight excluding hydrogens is 216 g/mol. The molecule has 3 heteroatoms. The lowest BCUT2D eigenvalue weighted by molar-refractivity contribution is -0.138. The Morgan fingerprint density at radius 2 is 1.82 bits per heavy atom. The number of esters is 1. The topological polar surface area (TPSA) is 35.5 Å². The van der Waals surface area contributed by atoms with Crippen LogP contribution in [0.15, 0.2) is 24.3 Å². The Morgan fingerprint density at radius 1 is 1.24 bits per heavy atom. The standard InChI is InChI=1S/C14H20O3/c1-4-5-6-11(2)14(15)17-13-9-7-12(16-3)8-10-13/h7-11H,4-6H2,1-3H3. The number of ether oxygens (including phenoxy) is 2. The predicted octanol–water partition coefficient (Wildman–Crippen LogP) is 3.43. The molecule has 0 aliphatic rings. The number of hydrogen-bond donors (Lipinski definition) is 0. The second kappa shape index (κ2) is 6.94. The van der Waals surface area contributed by atoms with Crippen LogP contribution in [0.5, 0.6) is 11.5 Å². The zero-order chi connectivity index (χ0) is 12.7. The van der Waals surface area contributed by atoms with Crippen LogP contribution in [0.4, 0.5) is 0 Å². The molecule has 1 aromatic rings. The molecule has 1 atom stereocenters. The number of hydrogen-bond acceptors (Lipinski definition) is 3. The van der Waals surface area contributed by atoms with Gasteiger partial charge in [-0.3, -0.25) is 4.79 Å². The molecule has 3 nitrogen and oxygen atoms in total. The third-order valence-corrected chi connectivity index (χ3v) is 2.67. The van der Waals surface area contributed by atoms with Crippen LogP contribution in [0.25, 0.3) is 0 Å². The monoisotopic (exact) mass is 236 g/mol. The van der Waals surface area contributed by atoms with E-state index in [0.29, 0.717) is 5.75 Å². The fourth-order valence-electron chi connectivity index (χ4n) is 1.49. The Labute approximate surface area is 103 Å². The summed E-state index contributed by atoms with van der Waals surface area (Å²) in [7, 11) is 1.60. The molecule has 0 amide bonds. The van der Waals surface area contributed by atoms with E-state index >= 15 is 0 Å². The van der Waals surface area contributed by atoms with E-state index in [0.717, 1.165) is 25.0 Å².